The Morgan fingerprint density at radius 1 is 1.27 bits per heavy atom. The maximum Gasteiger partial charge on any atom is 0.109 e. The van der Waals surface area contributed by atoms with Crippen LogP contribution in [0.2, 0.25) is 10.0 Å². The Morgan fingerprint density at radius 3 is 2.27 bits per heavy atom. The first-order valence-corrected chi connectivity index (χ1v) is 4.10. The zero-order valence-corrected chi connectivity index (χ0v) is 7.19. The lowest BCUT2D eigenvalue weighted by Crippen LogP contribution is -1.83. The van der Waals surface area contributed by atoms with Crippen LogP contribution in [0.5, 0.6) is 0 Å². The van der Waals surface area contributed by atoms with Crippen LogP contribution in [0.4, 0.5) is 0 Å². The van der Waals surface area contributed by atoms with Crippen molar-refractivity contribution in [2.75, 3.05) is 6.61 Å². The summed E-state index contributed by atoms with van der Waals surface area (Å²) in [5.41, 5.74) is 0.927. The van der Waals surface area contributed by atoms with Crippen LogP contribution in [-0.2, 0) is 4.74 Å². The van der Waals surface area contributed by atoms with Gasteiger partial charge in [-0.3, -0.25) is 0 Å². The Morgan fingerprint density at radius 2 is 1.82 bits per heavy atom. The minimum Gasteiger partial charge on any atom is -0.368 e. The maximum absolute atomic E-state index is 5.90. The molecule has 1 heterocycles. The van der Waals surface area contributed by atoms with Crippen LogP contribution in [0.1, 0.15) is 11.7 Å². The van der Waals surface area contributed by atoms with Crippen LogP contribution in [0.15, 0.2) is 18.2 Å². The van der Waals surface area contributed by atoms with Crippen LogP contribution in [0.25, 0.3) is 0 Å². The summed E-state index contributed by atoms with van der Waals surface area (Å²) in [7, 11) is 0. The van der Waals surface area contributed by atoms with Crippen molar-refractivity contribution in [1.29, 1.82) is 0 Å². The van der Waals surface area contributed by atoms with Gasteiger partial charge in [-0.1, -0.05) is 29.3 Å². The fraction of sp³-hybridized carbons (Fsp3) is 0.250. The van der Waals surface area contributed by atoms with Crippen LogP contribution >= 0.6 is 23.2 Å². The van der Waals surface area contributed by atoms with E-state index < -0.39 is 0 Å². The first-order chi connectivity index (χ1) is 5.29. The van der Waals surface area contributed by atoms with Gasteiger partial charge in [0, 0.05) is 15.6 Å². The van der Waals surface area contributed by atoms with Crippen molar-refractivity contribution in [2.24, 2.45) is 0 Å². The summed E-state index contributed by atoms with van der Waals surface area (Å²) >= 11 is 11.8. The van der Waals surface area contributed by atoms with Crippen LogP contribution < -0.4 is 0 Å². The van der Waals surface area contributed by atoms with Crippen molar-refractivity contribution < 1.29 is 4.74 Å². The molecule has 1 fully saturated rings. The van der Waals surface area contributed by atoms with E-state index in [0.717, 1.165) is 12.2 Å². The van der Waals surface area contributed by atoms with Gasteiger partial charge in [0.05, 0.1) is 6.61 Å². The third-order valence-electron chi connectivity index (χ3n) is 1.66. The SMILES string of the molecule is Clc1cccc(Cl)c1[C@H]1CO1. The number of halogens is 2. The lowest BCUT2D eigenvalue weighted by molar-refractivity contribution is 0.416. The summed E-state index contributed by atoms with van der Waals surface area (Å²) in [6.45, 7) is 0.740. The second kappa shape index (κ2) is 2.67. The summed E-state index contributed by atoms with van der Waals surface area (Å²) < 4.78 is 5.09. The fourth-order valence-electron chi connectivity index (χ4n) is 1.03. The number of benzene rings is 1. The highest BCUT2D eigenvalue weighted by Gasteiger charge is 2.28. The lowest BCUT2D eigenvalue weighted by atomic mass is 10.2. The molecule has 3 heteroatoms. The van der Waals surface area contributed by atoms with E-state index in [1.165, 1.54) is 0 Å². The monoisotopic (exact) mass is 188 g/mol. The highest BCUT2D eigenvalue weighted by molar-refractivity contribution is 6.36. The Hall–Kier alpha value is -0.240. The molecule has 0 amide bonds. The molecule has 0 aliphatic carbocycles. The molecule has 1 atom stereocenters. The van der Waals surface area contributed by atoms with E-state index in [4.69, 9.17) is 27.9 Å². The van der Waals surface area contributed by atoms with Gasteiger partial charge < -0.3 is 4.74 Å². The molecule has 0 N–H and O–H groups in total. The van der Waals surface area contributed by atoms with Gasteiger partial charge in [0.25, 0.3) is 0 Å². The predicted octanol–water partition coefficient (Wildman–Crippen LogP) is 3.06. The standard InChI is InChI=1S/C8H6Cl2O/c9-5-2-1-3-6(10)8(5)7-4-11-7/h1-3,7H,4H2/t7-/m1/s1. The topological polar surface area (TPSA) is 12.5 Å². The first-order valence-electron chi connectivity index (χ1n) is 3.34. The molecule has 11 heavy (non-hydrogen) atoms. The minimum atomic E-state index is 0.135. The highest BCUT2D eigenvalue weighted by atomic mass is 35.5. The van der Waals surface area contributed by atoms with Crippen LogP contribution in [0.3, 0.4) is 0 Å². The molecule has 1 saturated heterocycles. The summed E-state index contributed by atoms with van der Waals surface area (Å²) in [5, 5.41) is 1.39. The summed E-state index contributed by atoms with van der Waals surface area (Å²) in [5.74, 6) is 0. The smallest absolute Gasteiger partial charge is 0.109 e. The van der Waals surface area contributed by atoms with Crippen LogP contribution in [0, 0.1) is 0 Å². The second-order valence-electron chi connectivity index (χ2n) is 2.46. The molecule has 1 aromatic carbocycles. The van der Waals surface area contributed by atoms with E-state index in [0.29, 0.717) is 10.0 Å². The molecular weight excluding hydrogens is 183 g/mol. The number of epoxide rings is 1. The molecule has 58 valence electrons. The fourth-order valence-corrected chi connectivity index (χ4v) is 1.67. The van der Waals surface area contributed by atoms with Gasteiger partial charge in [-0.25, -0.2) is 0 Å². The molecule has 1 aliphatic rings. The Balaban J connectivity index is 2.48. The van der Waals surface area contributed by atoms with Gasteiger partial charge in [-0.2, -0.15) is 0 Å². The van der Waals surface area contributed by atoms with Crippen molar-refractivity contribution >= 4 is 23.2 Å². The van der Waals surface area contributed by atoms with Gasteiger partial charge in [0.1, 0.15) is 6.10 Å². The second-order valence-corrected chi connectivity index (χ2v) is 3.27. The lowest BCUT2D eigenvalue weighted by Gasteiger charge is -2.01. The average molecular weight is 189 g/mol. The summed E-state index contributed by atoms with van der Waals surface area (Å²) in [6, 6.07) is 5.48. The van der Waals surface area contributed by atoms with E-state index >= 15 is 0 Å². The van der Waals surface area contributed by atoms with E-state index in [1.807, 2.05) is 18.2 Å². The average Bonchev–Trinajstić information content (AvgIpc) is 2.70. The predicted molar refractivity (Wildman–Crippen MR) is 45.2 cm³/mol. The number of ether oxygens (including phenoxy) is 1. The number of hydrogen-bond donors (Lipinski definition) is 0. The van der Waals surface area contributed by atoms with E-state index in [-0.39, 0.29) is 6.10 Å². The number of rotatable bonds is 1. The summed E-state index contributed by atoms with van der Waals surface area (Å²) in [6.07, 6.45) is 0.135. The molecule has 2 rings (SSSR count). The molecule has 1 aromatic rings. The normalized spacial score (nSPS) is 21.8. The molecule has 1 aliphatic heterocycles. The summed E-state index contributed by atoms with van der Waals surface area (Å²) in [4.78, 5) is 0. The van der Waals surface area contributed by atoms with Crippen LogP contribution in [-0.4, -0.2) is 6.61 Å². The molecule has 0 saturated carbocycles. The maximum atomic E-state index is 5.90. The third kappa shape index (κ3) is 1.36. The van der Waals surface area contributed by atoms with E-state index in [2.05, 4.69) is 0 Å². The van der Waals surface area contributed by atoms with Gasteiger partial charge in [-0.05, 0) is 12.1 Å². The third-order valence-corrected chi connectivity index (χ3v) is 2.31. The van der Waals surface area contributed by atoms with Crippen molar-refractivity contribution in [3.8, 4) is 0 Å². The zero-order valence-electron chi connectivity index (χ0n) is 5.68. The molecule has 0 spiro atoms. The highest BCUT2D eigenvalue weighted by Crippen LogP contribution is 2.39. The molecular formula is C8H6Cl2O. The first kappa shape index (κ1) is 7.41. The molecule has 0 aromatic heterocycles. The van der Waals surface area contributed by atoms with Crippen molar-refractivity contribution in [3.05, 3.63) is 33.8 Å². The van der Waals surface area contributed by atoms with Crippen molar-refractivity contribution in [2.45, 2.75) is 6.10 Å². The molecule has 1 nitrogen and oxygen atoms in total. The quantitative estimate of drug-likeness (QED) is 0.618. The number of hydrogen-bond acceptors (Lipinski definition) is 1. The molecule has 0 unspecified atom stereocenters. The van der Waals surface area contributed by atoms with E-state index in [1.54, 1.807) is 0 Å². The largest absolute Gasteiger partial charge is 0.368 e. The Labute approximate surface area is 74.9 Å². The molecule has 0 bridgehead atoms. The Bertz CT molecular complexity index is 261. The van der Waals surface area contributed by atoms with Gasteiger partial charge in [0.15, 0.2) is 0 Å². The van der Waals surface area contributed by atoms with Gasteiger partial charge in [-0.15, -0.1) is 0 Å². The Kier molecular flexibility index (Phi) is 1.80. The van der Waals surface area contributed by atoms with Crippen molar-refractivity contribution in [1.82, 2.24) is 0 Å². The molecule has 0 radical (unpaired) electrons. The minimum absolute atomic E-state index is 0.135. The van der Waals surface area contributed by atoms with E-state index in [9.17, 15) is 0 Å². The van der Waals surface area contributed by atoms with Gasteiger partial charge in [0.2, 0.25) is 0 Å². The van der Waals surface area contributed by atoms with Crippen molar-refractivity contribution in [3.63, 3.8) is 0 Å². The van der Waals surface area contributed by atoms with Gasteiger partial charge >= 0.3 is 0 Å². The zero-order chi connectivity index (χ0) is 7.84.